The number of carbonyl (C=O) groups is 3. The number of carbonyl (C=O) groups excluding carboxylic acids is 3. The Morgan fingerprint density at radius 3 is 2.18 bits per heavy atom. The van der Waals surface area contributed by atoms with Crippen molar-refractivity contribution in [3.8, 4) is 11.4 Å². The number of nitrogens with one attached hydrogen (secondary N) is 3. The highest BCUT2D eigenvalue weighted by Crippen LogP contribution is 2.16. The lowest BCUT2D eigenvalue weighted by Gasteiger charge is -2.08. The quantitative estimate of drug-likeness (QED) is 0.571. The molecule has 8 nitrogen and oxygen atoms in total. The fraction of sp³-hybridized carbons (Fsp3) is 0.100. The number of H-pyrrole nitrogens is 1. The van der Waals surface area contributed by atoms with Gasteiger partial charge in [-0.15, -0.1) is 0 Å². The maximum absolute atomic E-state index is 12.1. The third-order valence-corrected chi connectivity index (χ3v) is 3.72. The third kappa shape index (κ3) is 5.04. The van der Waals surface area contributed by atoms with E-state index in [4.69, 9.17) is 4.74 Å². The van der Waals surface area contributed by atoms with Crippen LogP contribution in [0.25, 0.3) is 11.4 Å². The number of ether oxygens (including phenoxy) is 1. The number of aromatic nitrogens is 2. The average Bonchev–Trinajstić information content (AvgIpc) is 3.22. The predicted octanol–water partition coefficient (Wildman–Crippen LogP) is 2.83. The number of esters is 1. The molecule has 3 rings (SSSR count). The van der Waals surface area contributed by atoms with Crippen molar-refractivity contribution < 1.29 is 19.1 Å². The minimum atomic E-state index is -0.595. The van der Waals surface area contributed by atoms with E-state index in [0.717, 1.165) is 5.56 Å². The summed E-state index contributed by atoms with van der Waals surface area (Å²) in [5.41, 5.74) is 2.32. The first-order valence-corrected chi connectivity index (χ1v) is 8.46. The van der Waals surface area contributed by atoms with Crippen molar-refractivity contribution in [3.05, 3.63) is 66.5 Å². The molecule has 8 heteroatoms. The Labute approximate surface area is 160 Å². The van der Waals surface area contributed by atoms with E-state index in [0.29, 0.717) is 22.8 Å². The molecule has 0 aliphatic heterocycles. The molecule has 1 heterocycles. The van der Waals surface area contributed by atoms with Crippen LogP contribution in [0.2, 0.25) is 0 Å². The van der Waals surface area contributed by atoms with Crippen molar-refractivity contribution in [2.24, 2.45) is 0 Å². The van der Waals surface area contributed by atoms with Crippen molar-refractivity contribution in [1.29, 1.82) is 0 Å². The van der Waals surface area contributed by atoms with Gasteiger partial charge in [0.05, 0.1) is 5.56 Å². The lowest BCUT2D eigenvalue weighted by atomic mass is 10.1. The van der Waals surface area contributed by atoms with Crippen LogP contribution in [0.5, 0.6) is 0 Å². The molecule has 3 aromatic rings. The van der Waals surface area contributed by atoms with Crippen LogP contribution in [0.3, 0.4) is 0 Å². The normalized spacial score (nSPS) is 10.2. The van der Waals surface area contributed by atoms with Gasteiger partial charge < -0.3 is 20.4 Å². The van der Waals surface area contributed by atoms with Crippen molar-refractivity contribution in [2.75, 3.05) is 17.2 Å². The lowest BCUT2D eigenvalue weighted by Crippen LogP contribution is -2.20. The zero-order valence-electron chi connectivity index (χ0n) is 15.1. The maximum Gasteiger partial charge on any atom is 0.338 e. The first-order chi connectivity index (χ1) is 13.5. The van der Waals surface area contributed by atoms with Crippen LogP contribution in [-0.2, 0) is 14.3 Å². The van der Waals surface area contributed by atoms with E-state index in [9.17, 15) is 14.4 Å². The Hall–Kier alpha value is -3.94. The summed E-state index contributed by atoms with van der Waals surface area (Å²) < 4.78 is 5.04. The third-order valence-electron chi connectivity index (χ3n) is 3.72. The van der Waals surface area contributed by atoms with Crippen LogP contribution in [0.4, 0.5) is 11.4 Å². The SMILES string of the molecule is CC(=O)Nc1ccc(NC(=O)COC(=O)c2ccc(-c3ncc[nH]3)cc2)cc1. The van der Waals surface area contributed by atoms with Gasteiger partial charge in [-0.2, -0.15) is 0 Å². The van der Waals surface area contributed by atoms with Crippen LogP contribution in [0.1, 0.15) is 17.3 Å². The summed E-state index contributed by atoms with van der Waals surface area (Å²) in [5.74, 6) is -0.542. The number of benzene rings is 2. The molecule has 2 amide bonds. The standard InChI is InChI=1S/C20H18N4O4/c1-13(25)23-16-6-8-17(9-7-16)24-18(26)12-28-20(27)15-4-2-14(3-5-15)19-21-10-11-22-19/h2-11H,12H2,1H3,(H,21,22)(H,23,25)(H,24,26). The van der Waals surface area contributed by atoms with Gasteiger partial charge in [-0.25, -0.2) is 9.78 Å². The smallest absolute Gasteiger partial charge is 0.338 e. The maximum atomic E-state index is 12.1. The number of hydrogen-bond acceptors (Lipinski definition) is 5. The predicted molar refractivity (Wildman–Crippen MR) is 104 cm³/mol. The highest BCUT2D eigenvalue weighted by atomic mass is 16.5. The van der Waals surface area contributed by atoms with Crippen LogP contribution >= 0.6 is 0 Å². The molecule has 0 spiro atoms. The minimum Gasteiger partial charge on any atom is -0.452 e. The second kappa shape index (κ2) is 8.63. The van der Waals surface area contributed by atoms with Gasteiger partial charge in [-0.05, 0) is 36.4 Å². The van der Waals surface area contributed by atoms with Crippen molar-refractivity contribution in [1.82, 2.24) is 9.97 Å². The Kier molecular flexibility index (Phi) is 5.81. The van der Waals surface area contributed by atoms with E-state index in [1.54, 1.807) is 60.9 Å². The van der Waals surface area contributed by atoms with E-state index >= 15 is 0 Å². The fourth-order valence-corrected chi connectivity index (χ4v) is 2.44. The van der Waals surface area contributed by atoms with Crippen molar-refractivity contribution in [3.63, 3.8) is 0 Å². The molecule has 0 fully saturated rings. The largest absolute Gasteiger partial charge is 0.452 e. The summed E-state index contributed by atoms with van der Waals surface area (Å²) in [6.07, 6.45) is 3.35. The molecular formula is C20H18N4O4. The second-order valence-corrected chi connectivity index (χ2v) is 5.90. The molecule has 2 aromatic carbocycles. The van der Waals surface area contributed by atoms with Crippen LogP contribution in [0, 0.1) is 0 Å². The van der Waals surface area contributed by atoms with E-state index in [2.05, 4.69) is 20.6 Å². The van der Waals surface area contributed by atoms with Gasteiger partial charge in [-0.1, -0.05) is 12.1 Å². The molecule has 0 atom stereocenters. The molecule has 0 saturated carbocycles. The number of nitrogens with zero attached hydrogens (tertiary/aromatic N) is 1. The van der Waals surface area contributed by atoms with E-state index < -0.39 is 18.5 Å². The highest BCUT2D eigenvalue weighted by Gasteiger charge is 2.11. The topological polar surface area (TPSA) is 113 Å². The Morgan fingerprint density at radius 2 is 1.61 bits per heavy atom. The zero-order chi connectivity index (χ0) is 19.9. The average molecular weight is 378 g/mol. The molecule has 1 aromatic heterocycles. The van der Waals surface area contributed by atoms with Gasteiger partial charge in [0.1, 0.15) is 5.82 Å². The highest BCUT2D eigenvalue weighted by molar-refractivity contribution is 5.96. The molecule has 0 saturated heterocycles. The minimum absolute atomic E-state index is 0.180. The first kappa shape index (κ1) is 18.8. The van der Waals surface area contributed by atoms with Crippen molar-refractivity contribution in [2.45, 2.75) is 6.92 Å². The summed E-state index contributed by atoms with van der Waals surface area (Å²) in [4.78, 5) is 42.1. The number of anilines is 2. The van der Waals surface area contributed by atoms with E-state index in [1.165, 1.54) is 6.92 Å². The number of aromatic amines is 1. The Morgan fingerprint density at radius 1 is 0.964 bits per heavy atom. The monoisotopic (exact) mass is 378 g/mol. The van der Waals surface area contributed by atoms with Crippen LogP contribution in [-0.4, -0.2) is 34.4 Å². The van der Waals surface area contributed by atoms with Gasteiger partial charge in [0.2, 0.25) is 5.91 Å². The Bertz CT molecular complexity index is 964. The second-order valence-electron chi connectivity index (χ2n) is 5.90. The van der Waals surface area contributed by atoms with Crippen LogP contribution in [0.15, 0.2) is 60.9 Å². The zero-order valence-corrected chi connectivity index (χ0v) is 15.1. The summed E-state index contributed by atoms with van der Waals surface area (Å²) in [6.45, 7) is 1.00. The molecule has 0 radical (unpaired) electrons. The van der Waals surface area contributed by atoms with Gasteiger partial charge in [-0.3, -0.25) is 9.59 Å². The van der Waals surface area contributed by atoms with Gasteiger partial charge in [0.25, 0.3) is 5.91 Å². The number of imidazole rings is 1. The summed E-state index contributed by atoms with van der Waals surface area (Å²) in [6, 6.07) is 13.3. The fourth-order valence-electron chi connectivity index (χ4n) is 2.44. The van der Waals surface area contributed by atoms with Gasteiger partial charge >= 0.3 is 5.97 Å². The number of rotatable bonds is 6. The number of amides is 2. The Balaban J connectivity index is 1.50. The summed E-state index contributed by atoms with van der Waals surface area (Å²) >= 11 is 0. The molecule has 0 aliphatic rings. The molecule has 0 aliphatic carbocycles. The van der Waals surface area contributed by atoms with Gasteiger partial charge in [0, 0.05) is 36.3 Å². The lowest BCUT2D eigenvalue weighted by molar-refractivity contribution is -0.119. The van der Waals surface area contributed by atoms with E-state index in [1.807, 2.05) is 0 Å². The molecule has 3 N–H and O–H groups in total. The molecule has 142 valence electrons. The van der Waals surface area contributed by atoms with Crippen molar-refractivity contribution >= 4 is 29.2 Å². The first-order valence-electron chi connectivity index (χ1n) is 8.46. The molecule has 0 unspecified atom stereocenters. The molecule has 0 bridgehead atoms. The van der Waals surface area contributed by atoms with Gasteiger partial charge in [0.15, 0.2) is 6.61 Å². The summed E-state index contributed by atoms with van der Waals surface area (Å²) in [7, 11) is 0. The van der Waals surface area contributed by atoms with Crippen LogP contribution < -0.4 is 10.6 Å². The van der Waals surface area contributed by atoms with E-state index in [-0.39, 0.29) is 5.91 Å². The molecule has 28 heavy (non-hydrogen) atoms. The molecular weight excluding hydrogens is 360 g/mol. The number of hydrogen-bond donors (Lipinski definition) is 3. The summed E-state index contributed by atoms with van der Waals surface area (Å²) in [5, 5.41) is 5.25.